The van der Waals surface area contributed by atoms with Gasteiger partial charge in [0.05, 0.1) is 0 Å². The van der Waals surface area contributed by atoms with Crippen molar-refractivity contribution in [2.75, 3.05) is 26.2 Å². The quantitative estimate of drug-likeness (QED) is 0.777. The Morgan fingerprint density at radius 3 is 2.71 bits per heavy atom. The number of carbonyl (C=O) groups excluding carboxylic acids is 1. The van der Waals surface area contributed by atoms with Crippen LogP contribution in [0, 0.1) is 5.92 Å². The Morgan fingerprint density at radius 2 is 2.29 bits per heavy atom. The van der Waals surface area contributed by atoms with Crippen LogP contribution in [0.5, 0.6) is 0 Å². The maximum Gasteiger partial charge on any atom is 0.219 e. The summed E-state index contributed by atoms with van der Waals surface area (Å²) in [5, 5.41) is 3.37. The number of rotatable bonds is 3. The second-order valence-electron chi connectivity index (χ2n) is 3.77. The summed E-state index contributed by atoms with van der Waals surface area (Å²) in [7, 11) is 0. The SMILES string of the molecule is CCN(CC1CCCNC1)C(C)=O.Cl. The van der Waals surface area contributed by atoms with Gasteiger partial charge in [0, 0.05) is 20.0 Å². The van der Waals surface area contributed by atoms with Crippen LogP contribution < -0.4 is 5.32 Å². The summed E-state index contributed by atoms with van der Waals surface area (Å²) in [6.07, 6.45) is 2.51. The first-order valence-electron chi connectivity index (χ1n) is 5.20. The molecular formula is C10H21ClN2O. The molecule has 0 spiro atoms. The fourth-order valence-corrected chi connectivity index (χ4v) is 1.87. The molecule has 0 aromatic heterocycles. The van der Waals surface area contributed by atoms with Crippen molar-refractivity contribution in [3.8, 4) is 0 Å². The number of nitrogens with zero attached hydrogens (tertiary/aromatic N) is 1. The summed E-state index contributed by atoms with van der Waals surface area (Å²) < 4.78 is 0. The first kappa shape index (κ1) is 13.7. The Balaban J connectivity index is 0.00000169. The number of carbonyl (C=O) groups is 1. The highest BCUT2D eigenvalue weighted by Gasteiger charge is 2.17. The normalized spacial score (nSPS) is 21.1. The number of hydrogen-bond acceptors (Lipinski definition) is 2. The first-order chi connectivity index (χ1) is 6.24. The van der Waals surface area contributed by atoms with Crippen molar-refractivity contribution in [2.45, 2.75) is 26.7 Å². The molecule has 0 radical (unpaired) electrons. The molecule has 1 atom stereocenters. The van der Waals surface area contributed by atoms with Crippen LogP contribution in [0.2, 0.25) is 0 Å². The molecule has 0 saturated carbocycles. The van der Waals surface area contributed by atoms with Gasteiger partial charge in [-0.2, -0.15) is 0 Å². The molecule has 4 heteroatoms. The van der Waals surface area contributed by atoms with Gasteiger partial charge in [-0.15, -0.1) is 12.4 Å². The highest BCUT2D eigenvalue weighted by atomic mass is 35.5. The van der Waals surface area contributed by atoms with Gasteiger partial charge in [0.1, 0.15) is 0 Å². The summed E-state index contributed by atoms with van der Waals surface area (Å²) in [4.78, 5) is 13.1. The Morgan fingerprint density at radius 1 is 1.57 bits per heavy atom. The van der Waals surface area contributed by atoms with Crippen molar-refractivity contribution in [1.82, 2.24) is 10.2 Å². The molecule has 1 rings (SSSR count). The van der Waals surface area contributed by atoms with Crippen molar-refractivity contribution < 1.29 is 4.79 Å². The lowest BCUT2D eigenvalue weighted by atomic mass is 9.99. The first-order valence-corrected chi connectivity index (χ1v) is 5.20. The monoisotopic (exact) mass is 220 g/mol. The van der Waals surface area contributed by atoms with E-state index in [1.54, 1.807) is 6.92 Å². The molecule has 1 aliphatic rings. The molecule has 1 saturated heterocycles. The maximum absolute atomic E-state index is 11.2. The van der Waals surface area contributed by atoms with Crippen LogP contribution in [0.15, 0.2) is 0 Å². The van der Waals surface area contributed by atoms with E-state index >= 15 is 0 Å². The van der Waals surface area contributed by atoms with E-state index in [4.69, 9.17) is 0 Å². The van der Waals surface area contributed by atoms with Gasteiger partial charge in [-0.25, -0.2) is 0 Å². The number of amides is 1. The minimum atomic E-state index is 0. The molecule has 0 aromatic carbocycles. The Bertz CT molecular complexity index is 170. The molecule has 1 aliphatic heterocycles. The molecule has 84 valence electrons. The fourth-order valence-electron chi connectivity index (χ4n) is 1.87. The van der Waals surface area contributed by atoms with Crippen molar-refractivity contribution >= 4 is 18.3 Å². The van der Waals surface area contributed by atoms with Gasteiger partial charge in [-0.1, -0.05) is 0 Å². The second kappa shape index (κ2) is 7.07. The third-order valence-electron chi connectivity index (χ3n) is 2.70. The highest BCUT2D eigenvalue weighted by molar-refractivity contribution is 5.85. The molecule has 1 fully saturated rings. The predicted molar refractivity (Wildman–Crippen MR) is 60.8 cm³/mol. The molecule has 3 nitrogen and oxygen atoms in total. The molecule has 1 heterocycles. The minimum Gasteiger partial charge on any atom is -0.343 e. The zero-order valence-electron chi connectivity index (χ0n) is 9.08. The fraction of sp³-hybridized carbons (Fsp3) is 0.900. The Hall–Kier alpha value is -0.280. The van der Waals surface area contributed by atoms with E-state index in [0.717, 1.165) is 26.2 Å². The average Bonchev–Trinajstić information content (AvgIpc) is 2.15. The predicted octanol–water partition coefficient (Wildman–Crippen LogP) is 1.28. The van der Waals surface area contributed by atoms with Gasteiger partial charge in [-0.3, -0.25) is 4.79 Å². The van der Waals surface area contributed by atoms with Crippen LogP contribution in [0.25, 0.3) is 0 Å². The van der Waals surface area contributed by atoms with Crippen molar-refractivity contribution in [2.24, 2.45) is 5.92 Å². The molecule has 14 heavy (non-hydrogen) atoms. The van der Waals surface area contributed by atoms with E-state index in [-0.39, 0.29) is 18.3 Å². The zero-order valence-corrected chi connectivity index (χ0v) is 9.90. The third kappa shape index (κ3) is 4.29. The number of nitrogens with one attached hydrogen (secondary N) is 1. The molecule has 1 N–H and O–H groups in total. The summed E-state index contributed by atoms with van der Waals surface area (Å²) in [6.45, 7) is 7.68. The largest absolute Gasteiger partial charge is 0.343 e. The lowest BCUT2D eigenvalue weighted by Crippen LogP contribution is -2.40. The summed E-state index contributed by atoms with van der Waals surface area (Å²) in [5.41, 5.74) is 0. The van der Waals surface area contributed by atoms with Gasteiger partial charge in [0.2, 0.25) is 5.91 Å². The average molecular weight is 221 g/mol. The van der Waals surface area contributed by atoms with E-state index in [1.165, 1.54) is 12.8 Å². The lowest BCUT2D eigenvalue weighted by molar-refractivity contribution is -0.129. The van der Waals surface area contributed by atoms with E-state index in [1.807, 2.05) is 11.8 Å². The maximum atomic E-state index is 11.2. The van der Waals surface area contributed by atoms with Crippen LogP contribution in [-0.4, -0.2) is 37.0 Å². The summed E-state index contributed by atoms with van der Waals surface area (Å²) >= 11 is 0. The smallest absolute Gasteiger partial charge is 0.219 e. The topological polar surface area (TPSA) is 32.3 Å². The van der Waals surface area contributed by atoms with Crippen LogP contribution in [0.3, 0.4) is 0 Å². The highest BCUT2D eigenvalue weighted by Crippen LogP contribution is 2.11. The Kier molecular flexibility index (Phi) is 6.93. The third-order valence-corrected chi connectivity index (χ3v) is 2.70. The van der Waals surface area contributed by atoms with Gasteiger partial charge in [-0.05, 0) is 38.8 Å². The van der Waals surface area contributed by atoms with E-state index in [0.29, 0.717) is 5.92 Å². The Labute approximate surface area is 92.6 Å². The molecule has 1 amide bonds. The summed E-state index contributed by atoms with van der Waals surface area (Å²) in [6, 6.07) is 0. The lowest BCUT2D eigenvalue weighted by Gasteiger charge is -2.28. The molecule has 0 bridgehead atoms. The van der Waals surface area contributed by atoms with Crippen molar-refractivity contribution in [1.29, 1.82) is 0 Å². The van der Waals surface area contributed by atoms with Gasteiger partial charge in [0.15, 0.2) is 0 Å². The van der Waals surface area contributed by atoms with Crippen LogP contribution in [0.4, 0.5) is 0 Å². The molecule has 0 aliphatic carbocycles. The van der Waals surface area contributed by atoms with Crippen molar-refractivity contribution in [3.05, 3.63) is 0 Å². The molecule has 1 unspecified atom stereocenters. The number of halogens is 1. The standard InChI is InChI=1S/C10H20N2O.ClH/c1-3-12(9(2)13)8-10-5-4-6-11-7-10;/h10-11H,3-8H2,1-2H3;1H. The van der Waals surface area contributed by atoms with Gasteiger partial charge >= 0.3 is 0 Å². The molecular weight excluding hydrogens is 200 g/mol. The van der Waals surface area contributed by atoms with Crippen molar-refractivity contribution in [3.63, 3.8) is 0 Å². The molecule has 0 aromatic rings. The van der Waals surface area contributed by atoms with E-state index in [2.05, 4.69) is 5.32 Å². The summed E-state index contributed by atoms with van der Waals surface area (Å²) in [5.74, 6) is 0.866. The van der Waals surface area contributed by atoms with E-state index in [9.17, 15) is 4.79 Å². The van der Waals surface area contributed by atoms with Gasteiger partial charge in [0.25, 0.3) is 0 Å². The minimum absolute atomic E-state index is 0. The number of piperidine rings is 1. The van der Waals surface area contributed by atoms with Gasteiger partial charge < -0.3 is 10.2 Å². The van der Waals surface area contributed by atoms with E-state index < -0.39 is 0 Å². The van der Waals surface area contributed by atoms with Crippen LogP contribution >= 0.6 is 12.4 Å². The van der Waals surface area contributed by atoms with Crippen LogP contribution in [-0.2, 0) is 4.79 Å². The number of hydrogen-bond donors (Lipinski definition) is 1. The second-order valence-corrected chi connectivity index (χ2v) is 3.77. The zero-order chi connectivity index (χ0) is 9.68. The van der Waals surface area contributed by atoms with Crippen LogP contribution in [0.1, 0.15) is 26.7 Å².